The number of hydrogen-bond donors (Lipinski definition) is 2. The second-order valence-corrected chi connectivity index (χ2v) is 7.28. The van der Waals surface area contributed by atoms with E-state index in [2.05, 4.69) is 15.7 Å². The van der Waals surface area contributed by atoms with Crippen LogP contribution in [0.25, 0.3) is 0 Å². The van der Waals surface area contributed by atoms with Crippen molar-refractivity contribution in [3.05, 3.63) is 52.5 Å². The molecule has 7 nitrogen and oxygen atoms in total. The molecule has 0 spiro atoms. The molecule has 8 heteroatoms. The van der Waals surface area contributed by atoms with Gasteiger partial charge in [0, 0.05) is 25.5 Å². The highest BCUT2D eigenvalue weighted by Crippen LogP contribution is 2.28. The highest BCUT2D eigenvalue weighted by Gasteiger charge is 2.27. The molecule has 1 aliphatic rings. The second-order valence-electron chi connectivity index (χ2n) is 6.87. The number of anilines is 3. The molecule has 2 aromatic carbocycles. The smallest absolute Gasteiger partial charge is 0.271 e. The largest absolute Gasteiger partial charge is 0.326 e. The monoisotopic (exact) mass is 412 g/mol. The Labute approximate surface area is 173 Å². The van der Waals surface area contributed by atoms with Crippen molar-refractivity contribution in [3.8, 4) is 0 Å². The van der Waals surface area contributed by atoms with Gasteiger partial charge in [0.2, 0.25) is 11.8 Å². The van der Waals surface area contributed by atoms with Gasteiger partial charge in [-0.15, -0.1) is 0 Å². The van der Waals surface area contributed by atoms with Crippen molar-refractivity contribution in [1.29, 1.82) is 0 Å². The summed E-state index contributed by atoms with van der Waals surface area (Å²) in [4.78, 5) is 36.4. The van der Waals surface area contributed by atoms with Crippen molar-refractivity contribution in [2.24, 2.45) is 5.10 Å². The van der Waals surface area contributed by atoms with Gasteiger partial charge in [0.05, 0.1) is 16.4 Å². The number of amides is 3. The summed E-state index contributed by atoms with van der Waals surface area (Å²) in [5, 5.41) is 11.3. The van der Waals surface area contributed by atoms with Crippen LogP contribution >= 0.6 is 11.6 Å². The van der Waals surface area contributed by atoms with E-state index >= 15 is 0 Å². The quantitative estimate of drug-likeness (QED) is 0.794. The average molecular weight is 413 g/mol. The lowest BCUT2D eigenvalue weighted by Gasteiger charge is -2.25. The Hall–Kier alpha value is -3.19. The van der Waals surface area contributed by atoms with E-state index in [0.717, 1.165) is 11.1 Å². The van der Waals surface area contributed by atoms with E-state index in [1.807, 2.05) is 32.0 Å². The van der Waals surface area contributed by atoms with Crippen LogP contribution < -0.4 is 15.6 Å². The Morgan fingerprint density at radius 3 is 2.55 bits per heavy atom. The third kappa shape index (κ3) is 4.81. The highest BCUT2D eigenvalue weighted by molar-refractivity contribution is 6.45. The Kier molecular flexibility index (Phi) is 5.98. The Morgan fingerprint density at radius 1 is 1.07 bits per heavy atom. The third-order valence-corrected chi connectivity index (χ3v) is 4.75. The molecule has 2 N–H and O–H groups in total. The molecule has 3 rings (SSSR count). The lowest BCUT2D eigenvalue weighted by Crippen LogP contribution is -2.36. The normalized spacial score (nSPS) is 13.7. The predicted molar refractivity (Wildman–Crippen MR) is 114 cm³/mol. The van der Waals surface area contributed by atoms with Crippen molar-refractivity contribution < 1.29 is 14.4 Å². The minimum absolute atomic E-state index is 0.166. The molecule has 150 valence electrons. The molecule has 0 fully saturated rings. The van der Waals surface area contributed by atoms with E-state index in [1.165, 1.54) is 11.9 Å². The molecule has 1 heterocycles. The summed E-state index contributed by atoms with van der Waals surface area (Å²) in [5.41, 5.74) is 3.63. The standard InChI is InChI=1S/C21H21ClN4O3/c1-12-4-5-13(2)19(10-12)26-20(28)9-8-17(25-26)21(29)24-18-11-15(23-14(3)27)6-7-16(18)22/h4-7,10-11H,8-9H2,1-3H3,(H,23,27)(H,24,29). The molecule has 0 bridgehead atoms. The molecule has 3 amide bonds. The highest BCUT2D eigenvalue weighted by atomic mass is 35.5. The Bertz CT molecular complexity index is 1030. The molecule has 0 aromatic heterocycles. The van der Waals surface area contributed by atoms with Gasteiger partial charge in [-0.3, -0.25) is 14.4 Å². The van der Waals surface area contributed by atoms with Gasteiger partial charge in [-0.1, -0.05) is 23.7 Å². The summed E-state index contributed by atoms with van der Waals surface area (Å²) in [7, 11) is 0. The van der Waals surface area contributed by atoms with Crippen LogP contribution in [-0.4, -0.2) is 23.4 Å². The van der Waals surface area contributed by atoms with E-state index in [-0.39, 0.29) is 30.4 Å². The Balaban J connectivity index is 1.86. The fourth-order valence-corrected chi connectivity index (χ4v) is 3.11. The first-order valence-electron chi connectivity index (χ1n) is 9.11. The van der Waals surface area contributed by atoms with Gasteiger partial charge in [-0.2, -0.15) is 5.10 Å². The van der Waals surface area contributed by atoms with Gasteiger partial charge in [-0.05, 0) is 49.2 Å². The van der Waals surface area contributed by atoms with Crippen molar-refractivity contribution in [1.82, 2.24) is 0 Å². The molecule has 0 atom stereocenters. The number of halogens is 1. The molecule has 2 aromatic rings. The summed E-state index contributed by atoms with van der Waals surface area (Å²) >= 11 is 6.17. The number of carbonyl (C=O) groups is 3. The average Bonchev–Trinajstić information content (AvgIpc) is 2.66. The van der Waals surface area contributed by atoms with Crippen LogP contribution in [0.15, 0.2) is 41.5 Å². The van der Waals surface area contributed by atoms with Crippen molar-refractivity contribution in [2.45, 2.75) is 33.6 Å². The number of nitrogens with zero attached hydrogens (tertiary/aromatic N) is 2. The first-order valence-corrected chi connectivity index (χ1v) is 9.48. The zero-order valence-electron chi connectivity index (χ0n) is 16.4. The van der Waals surface area contributed by atoms with E-state index in [9.17, 15) is 14.4 Å². The van der Waals surface area contributed by atoms with Crippen LogP contribution in [-0.2, 0) is 14.4 Å². The maximum Gasteiger partial charge on any atom is 0.271 e. The number of benzene rings is 2. The first-order chi connectivity index (χ1) is 13.7. The zero-order valence-corrected chi connectivity index (χ0v) is 17.1. The zero-order chi connectivity index (χ0) is 21.1. The summed E-state index contributed by atoms with van der Waals surface area (Å²) in [5.74, 6) is -0.848. The summed E-state index contributed by atoms with van der Waals surface area (Å²) in [6.45, 7) is 5.21. The number of hydrogen-bond acceptors (Lipinski definition) is 4. The lowest BCUT2D eigenvalue weighted by molar-refractivity contribution is -0.119. The van der Waals surface area contributed by atoms with Crippen molar-refractivity contribution >= 4 is 52.1 Å². The summed E-state index contributed by atoms with van der Waals surface area (Å²) in [6.07, 6.45) is 0.411. The van der Waals surface area contributed by atoms with Crippen LogP contribution in [0.3, 0.4) is 0 Å². The minimum atomic E-state index is -0.449. The SMILES string of the molecule is CC(=O)Nc1ccc(Cl)c(NC(=O)C2=NN(c3cc(C)ccc3C)C(=O)CC2)c1. The molecule has 0 unspecified atom stereocenters. The van der Waals surface area contributed by atoms with Crippen LogP contribution in [0.4, 0.5) is 17.1 Å². The van der Waals surface area contributed by atoms with Gasteiger partial charge in [-0.25, -0.2) is 5.01 Å². The fraction of sp³-hybridized carbons (Fsp3) is 0.238. The van der Waals surface area contributed by atoms with E-state index < -0.39 is 5.91 Å². The van der Waals surface area contributed by atoms with E-state index in [0.29, 0.717) is 22.1 Å². The molecule has 29 heavy (non-hydrogen) atoms. The fourth-order valence-electron chi connectivity index (χ4n) is 2.95. The summed E-state index contributed by atoms with van der Waals surface area (Å²) in [6, 6.07) is 10.5. The molecule has 1 aliphatic heterocycles. The maximum atomic E-state index is 12.8. The van der Waals surface area contributed by atoms with Gasteiger partial charge in [0.15, 0.2) is 0 Å². The lowest BCUT2D eigenvalue weighted by atomic mass is 10.1. The van der Waals surface area contributed by atoms with Crippen LogP contribution in [0, 0.1) is 13.8 Å². The van der Waals surface area contributed by atoms with Crippen LogP contribution in [0.5, 0.6) is 0 Å². The molecule has 0 radical (unpaired) electrons. The molecular formula is C21H21ClN4O3. The molecule has 0 aliphatic carbocycles. The summed E-state index contributed by atoms with van der Waals surface area (Å²) < 4.78 is 0. The molecular weight excluding hydrogens is 392 g/mol. The van der Waals surface area contributed by atoms with Crippen LogP contribution in [0.1, 0.15) is 30.9 Å². The number of rotatable bonds is 4. The predicted octanol–water partition coefficient (Wildman–Crippen LogP) is 4.04. The van der Waals surface area contributed by atoms with E-state index in [4.69, 9.17) is 11.6 Å². The third-order valence-electron chi connectivity index (χ3n) is 4.42. The van der Waals surface area contributed by atoms with Gasteiger partial charge < -0.3 is 10.6 Å². The number of aryl methyl sites for hydroxylation is 2. The van der Waals surface area contributed by atoms with Gasteiger partial charge in [0.1, 0.15) is 5.71 Å². The van der Waals surface area contributed by atoms with Crippen molar-refractivity contribution in [3.63, 3.8) is 0 Å². The molecule has 0 saturated carbocycles. The van der Waals surface area contributed by atoms with Gasteiger partial charge in [0.25, 0.3) is 5.91 Å². The number of carbonyl (C=O) groups excluding carboxylic acids is 3. The topological polar surface area (TPSA) is 90.9 Å². The van der Waals surface area contributed by atoms with Crippen molar-refractivity contribution in [2.75, 3.05) is 15.6 Å². The Morgan fingerprint density at radius 2 is 1.83 bits per heavy atom. The molecule has 0 saturated heterocycles. The number of hydrazone groups is 1. The van der Waals surface area contributed by atoms with Crippen LogP contribution in [0.2, 0.25) is 5.02 Å². The first kappa shape index (κ1) is 20.5. The van der Waals surface area contributed by atoms with Gasteiger partial charge >= 0.3 is 0 Å². The minimum Gasteiger partial charge on any atom is -0.326 e. The van der Waals surface area contributed by atoms with E-state index in [1.54, 1.807) is 18.2 Å². The number of nitrogens with one attached hydrogen (secondary N) is 2. The second kappa shape index (κ2) is 8.45. The maximum absolute atomic E-state index is 12.8.